The van der Waals surface area contributed by atoms with E-state index in [1.807, 2.05) is 43.3 Å². The number of aryl methyl sites for hydroxylation is 1. The molecule has 1 N–H and O–H groups in total. The molecule has 4 heteroatoms. The second kappa shape index (κ2) is 7.27. The van der Waals surface area contributed by atoms with Crippen molar-refractivity contribution in [3.63, 3.8) is 0 Å². The van der Waals surface area contributed by atoms with E-state index in [0.29, 0.717) is 5.69 Å². The van der Waals surface area contributed by atoms with Crippen molar-refractivity contribution in [2.24, 2.45) is 0 Å². The molecule has 1 aromatic carbocycles. The second-order valence-electron chi connectivity index (χ2n) is 6.07. The van der Waals surface area contributed by atoms with Gasteiger partial charge in [-0.1, -0.05) is 31.0 Å². The highest BCUT2D eigenvalue weighted by molar-refractivity contribution is 6.03. The number of nitrogens with zero attached hydrogens (tertiary/aromatic N) is 2. The minimum absolute atomic E-state index is 0.157. The molecule has 0 bridgehead atoms. The fourth-order valence-corrected chi connectivity index (χ4v) is 2.97. The minimum atomic E-state index is -0.157. The first-order valence-electron chi connectivity index (χ1n) is 8.32. The first-order chi connectivity index (χ1) is 11.2. The number of nitrogens with one attached hydrogen (secondary N) is 1. The largest absolute Gasteiger partial charge is 0.371 e. The highest BCUT2D eigenvalue weighted by atomic mass is 16.1. The lowest BCUT2D eigenvalue weighted by Gasteiger charge is -2.22. The molecule has 23 heavy (non-hydrogen) atoms. The Morgan fingerprint density at radius 3 is 2.57 bits per heavy atom. The minimum Gasteiger partial charge on any atom is -0.371 e. The van der Waals surface area contributed by atoms with Crippen LogP contribution in [0.5, 0.6) is 0 Å². The van der Waals surface area contributed by atoms with Gasteiger partial charge in [0.2, 0.25) is 0 Å². The third kappa shape index (κ3) is 3.89. The van der Waals surface area contributed by atoms with Gasteiger partial charge in [0.1, 0.15) is 5.69 Å². The van der Waals surface area contributed by atoms with Crippen LogP contribution in [0.4, 0.5) is 11.4 Å². The van der Waals surface area contributed by atoms with Crippen molar-refractivity contribution in [2.45, 2.75) is 32.6 Å². The highest BCUT2D eigenvalue weighted by Gasteiger charge is 2.14. The maximum absolute atomic E-state index is 12.5. The molecule has 1 saturated heterocycles. The number of carbonyl (C=O) groups excluding carboxylic acids is 1. The number of hydrogen-bond donors (Lipinski definition) is 1. The molecule has 2 heterocycles. The monoisotopic (exact) mass is 309 g/mol. The van der Waals surface area contributed by atoms with Crippen molar-refractivity contribution in [3.05, 3.63) is 53.9 Å². The fourth-order valence-electron chi connectivity index (χ4n) is 2.97. The van der Waals surface area contributed by atoms with Crippen LogP contribution < -0.4 is 10.2 Å². The Morgan fingerprint density at radius 1 is 1.09 bits per heavy atom. The van der Waals surface area contributed by atoms with E-state index in [-0.39, 0.29) is 5.91 Å². The molecule has 1 amide bonds. The van der Waals surface area contributed by atoms with Crippen LogP contribution in [-0.2, 0) is 0 Å². The second-order valence-corrected chi connectivity index (χ2v) is 6.07. The molecule has 120 valence electrons. The maximum atomic E-state index is 12.5. The van der Waals surface area contributed by atoms with Crippen molar-refractivity contribution in [1.29, 1.82) is 0 Å². The number of pyridine rings is 1. The Bertz CT molecular complexity index is 676. The number of benzene rings is 1. The predicted molar refractivity (Wildman–Crippen MR) is 94.1 cm³/mol. The maximum Gasteiger partial charge on any atom is 0.274 e. The average Bonchev–Trinajstić information content (AvgIpc) is 2.86. The molecule has 3 rings (SSSR count). The third-order valence-electron chi connectivity index (χ3n) is 4.34. The van der Waals surface area contributed by atoms with E-state index in [4.69, 9.17) is 0 Å². The van der Waals surface area contributed by atoms with Crippen molar-refractivity contribution >= 4 is 17.3 Å². The summed E-state index contributed by atoms with van der Waals surface area (Å²) in [4.78, 5) is 19.1. The van der Waals surface area contributed by atoms with E-state index < -0.39 is 0 Å². The van der Waals surface area contributed by atoms with E-state index >= 15 is 0 Å². The molecule has 0 unspecified atom stereocenters. The number of anilines is 2. The highest BCUT2D eigenvalue weighted by Crippen LogP contribution is 2.20. The van der Waals surface area contributed by atoms with Crippen LogP contribution in [0.25, 0.3) is 0 Å². The van der Waals surface area contributed by atoms with Crippen LogP contribution >= 0.6 is 0 Å². The summed E-state index contributed by atoms with van der Waals surface area (Å²) in [7, 11) is 0. The summed E-state index contributed by atoms with van der Waals surface area (Å²) in [5, 5.41) is 2.95. The molecule has 0 aliphatic carbocycles. The van der Waals surface area contributed by atoms with E-state index in [1.54, 1.807) is 6.20 Å². The van der Waals surface area contributed by atoms with E-state index in [1.165, 1.54) is 25.7 Å². The number of para-hydroxylation sites is 1. The SMILES string of the molecule is Cc1ccccc1NC(=O)c1cc(N2CCCCCC2)ccn1. The molecule has 1 fully saturated rings. The van der Waals surface area contributed by atoms with Crippen LogP contribution in [0.3, 0.4) is 0 Å². The molecule has 4 nitrogen and oxygen atoms in total. The molecule has 2 aromatic rings. The van der Waals surface area contributed by atoms with Gasteiger partial charge in [0.05, 0.1) is 0 Å². The first kappa shape index (κ1) is 15.5. The van der Waals surface area contributed by atoms with Crippen LogP contribution in [0, 0.1) is 6.92 Å². The molecule has 0 spiro atoms. The molecular formula is C19H23N3O. The quantitative estimate of drug-likeness (QED) is 0.931. The topological polar surface area (TPSA) is 45.2 Å². The number of hydrogen-bond acceptors (Lipinski definition) is 3. The van der Waals surface area contributed by atoms with Gasteiger partial charge in [0.15, 0.2) is 0 Å². The lowest BCUT2D eigenvalue weighted by molar-refractivity contribution is 0.102. The van der Waals surface area contributed by atoms with E-state index in [2.05, 4.69) is 15.2 Å². The Labute approximate surface area is 137 Å². The van der Waals surface area contributed by atoms with Crippen LogP contribution in [0.15, 0.2) is 42.6 Å². The van der Waals surface area contributed by atoms with Crippen LogP contribution in [-0.4, -0.2) is 24.0 Å². The molecular weight excluding hydrogens is 286 g/mol. The van der Waals surface area contributed by atoms with Gasteiger partial charge in [-0.3, -0.25) is 9.78 Å². The van der Waals surface area contributed by atoms with E-state index in [0.717, 1.165) is 30.0 Å². The van der Waals surface area contributed by atoms with Gasteiger partial charge in [-0.25, -0.2) is 0 Å². The molecule has 1 aromatic heterocycles. The summed E-state index contributed by atoms with van der Waals surface area (Å²) in [5.74, 6) is -0.157. The zero-order valence-electron chi connectivity index (χ0n) is 13.6. The normalized spacial score (nSPS) is 15.1. The standard InChI is InChI=1S/C19H23N3O/c1-15-8-4-5-9-17(15)21-19(23)18-14-16(10-11-20-18)22-12-6-2-3-7-13-22/h4-5,8-11,14H,2-3,6-7,12-13H2,1H3,(H,21,23). The summed E-state index contributed by atoms with van der Waals surface area (Å²) in [6, 6.07) is 11.7. The third-order valence-corrected chi connectivity index (χ3v) is 4.34. The average molecular weight is 309 g/mol. The Morgan fingerprint density at radius 2 is 1.83 bits per heavy atom. The number of carbonyl (C=O) groups is 1. The smallest absolute Gasteiger partial charge is 0.274 e. The van der Waals surface area contributed by atoms with Crippen molar-refractivity contribution in [1.82, 2.24) is 4.98 Å². The van der Waals surface area contributed by atoms with Crippen molar-refractivity contribution in [3.8, 4) is 0 Å². The summed E-state index contributed by atoms with van der Waals surface area (Å²) in [5.41, 5.74) is 3.44. The summed E-state index contributed by atoms with van der Waals surface area (Å²) in [6.07, 6.45) is 6.75. The van der Waals surface area contributed by atoms with Gasteiger partial charge in [-0.05, 0) is 43.5 Å². The van der Waals surface area contributed by atoms with Crippen molar-refractivity contribution < 1.29 is 4.79 Å². The Balaban J connectivity index is 1.76. The zero-order chi connectivity index (χ0) is 16.1. The lowest BCUT2D eigenvalue weighted by atomic mass is 10.2. The molecule has 0 saturated carbocycles. The summed E-state index contributed by atoms with van der Waals surface area (Å²) >= 11 is 0. The molecule has 0 radical (unpaired) electrons. The molecule has 0 atom stereocenters. The summed E-state index contributed by atoms with van der Waals surface area (Å²) < 4.78 is 0. The molecule has 1 aliphatic rings. The van der Waals surface area contributed by atoms with E-state index in [9.17, 15) is 4.79 Å². The number of aromatic nitrogens is 1. The predicted octanol–water partition coefficient (Wildman–Crippen LogP) is 4.02. The van der Waals surface area contributed by atoms with Gasteiger partial charge >= 0.3 is 0 Å². The lowest BCUT2D eigenvalue weighted by Crippen LogP contribution is -2.24. The van der Waals surface area contributed by atoms with Gasteiger partial charge in [-0.2, -0.15) is 0 Å². The molecule has 1 aliphatic heterocycles. The van der Waals surface area contributed by atoms with Gasteiger partial charge in [0.25, 0.3) is 5.91 Å². The fraction of sp³-hybridized carbons (Fsp3) is 0.368. The number of rotatable bonds is 3. The van der Waals surface area contributed by atoms with Crippen molar-refractivity contribution in [2.75, 3.05) is 23.3 Å². The Kier molecular flexibility index (Phi) is 4.91. The van der Waals surface area contributed by atoms with Gasteiger partial charge in [0, 0.05) is 30.7 Å². The zero-order valence-corrected chi connectivity index (χ0v) is 13.6. The number of amides is 1. The van der Waals surface area contributed by atoms with Gasteiger partial charge < -0.3 is 10.2 Å². The first-order valence-corrected chi connectivity index (χ1v) is 8.32. The van der Waals surface area contributed by atoms with Crippen LogP contribution in [0.2, 0.25) is 0 Å². The Hall–Kier alpha value is -2.36. The summed E-state index contributed by atoms with van der Waals surface area (Å²) in [6.45, 7) is 4.10. The van der Waals surface area contributed by atoms with Gasteiger partial charge in [-0.15, -0.1) is 0 Å². The van der Waals surface area contributed by atoms with Crippen LogP contribution in [0.1, 0.15) is 41.7 Å².